The fraction of sp³-hybridized carbons (Fsp3) is 0.333. The second-order valence-corrected chi connectivity index (χ2v) is 8.36. The first-order valence-electron chi connectivity index (χ1n) is 11.0. The Morgan fingerprint density at radius 1 is 1.29 bits per heavy atom. The summed E-state index contributed by atoms with van der Waals surface area (Å²) < 4.78 is 5.48. The number of rotatable bonds is 6. The third kappa shape index (κ3) is 5.00. The van der Waals surface area contributed by atoms with E-state index in [0.717, 1.165) is 11.1 Å². The Bertz CT molecular complexity index is 1190. The third-order valence-electron chi connectivity index (χ3n) is 6.12. The normalized spacial score (nSPS) is 18.1. The van der Waals surface area contributed by atoms with Crippen molar-refractivity contribution in [3.8, 4) is 0 Å². The van der Waals surface area contributed by atoms with Crippen LogP contribution < -0.4 is 16.0 Å². The quantitative estimate of drug-likeness (QED) is 0.346. The number of ether oxygens (including phenoxy) is 1. The minimum absolute atomic E-state index is 0. The van der Waals surface area contributed by atoms with E-state index in [2.05, 4.69) is 5.32 Å². The maximum atomic E-state index is 13.1. The van der Waals surface area contributed by atoms with Gasteiger partial charge in [0, 0.05) is 42.6 Å². The molecule has 1 fully saturated rings. The minimum atomic E-state index is -1.74. The predicted octanol–water partition coefficient (Wildman–Crippen LogP) is 1.27. The van der Waals surface area contributed by atoms with E-state index in [4.69, 9.17) is 15.9 Å². The molecule has 0 bridgehead atoms. The zero-order valence-electron chi connectivity index (χ0n) is 19.4. The van der Waals surface area contributed by atoms with Crippen LogP contribution in [0.3, 0.4) is 0 Å². The number of morpholine rings is 1. The van der Waals surface area contributed by atoms with Crippen LogP contribution in [0.4, 0.5) is 11.4 Å². The highest BCUT2D eigenvalue weighted by atomic mass is 35.5. The van der Waals surface area contributed by atoms with Gasteiger partial charge in [-0.15, -0.1) is 12.4 Å². The van der Waals surface area contributed by atoms with Crippen molar-refractivity contribution in [3.05, 3.63) is 58.7 Å². The van der Waals surface area contributed by atoms with Crippen molar-refractivity contribution in [1.29, 1.82) is 5.41 Å². The topological polar surface area (TPSA) is 149 Å². The lowest BCUT2D eigenvalue weighted by Gasteiger charge is -2.34. The number of benzene rings is 2. The van der Waals surface area contributed by atoms with E-state index in [9.17, 15) is 19.5 Å². The fourth-order valence-corrected chi connectivity index (χ4v) is 4.21. The maximum absolute atomic E-state index is 13.1. The summed E-state index contributed by atoms with van der Waals surface area (Å²) in [4.78, 5) is 41.3. The Morgan fingerprint density at radius 2 is 2.03 bits per heavy atom. The SMILES string of the molecule is CCc1cc(C(=N)N)ccc1NC(=O)C(O)[C@H]1OCCN(c2ccc3c(c2)C(=O)N(C)C3)C1=O.Cl. The van der Waals surface area contributed by atoms with Crippen molar-refractivity contribution in [2.45, 2.75) is 32.1 Å². The number of amidine groups is 1. The van der Waals surface area contributed by atoms with Crippen LogP contribution in [0.2, 0.25) is 0 Å². The average molecular weight is 502 g/mol. The molecule has 35 heavy (non-hydrogen) atoms. The zero-order chi connectivity index (χ0) is 24.6. The largest absolute Gasteiger partial charge is 0.384 e. The summed E-state index contributed by atoms with van der Waals surface area (Å²) in [7, 11) is 1.71. The number of anilines is 2. The number of hydrogen-bond acceptors (Lipinski definition) is 6. The number of halogens is 1. The molecule has 2 aliphatic heterocycles. The molecule has 2 aliphatic rings. The van der Waals surface area contributed by atoms with Gasteiger partial charge in [0.2, 0.25) is 0 Å². The molecule has 2 heterocycles. The van der Waals surface area contributed by atoms with Crippen LogP contribution in [0.5, 0.6) is 0 Å². The van der Waals surface area contributed by atoms with E-state index in [1.165, 1.54) is 4.90 Å². The van der Waals surface area contributed by atoms with Gasteiger partial charge in [0.05, 0.1) is 6.61 Å². The number of aryl methyl sites for hydroxylation is 1. The van der Waals surface area contributed by atoms with E-state index >= 15 is 0 Å². The summed E-state index contributed by atoms with van der Waals surface area (Å²) in [6, 6.07) is 10.1. The van der Waals surface area contributed by atoms with E-state index in [1.54, 1.807) is 42.3 Å². The number of amides is 3. The van der Waals surface area contributed by atoms with Crippen LogP contribution >= 0.6 is 12.4 Å². The highest BCUT2D eigenvalue weighted by molar-refractivity contribution is 6.05. The van der Waals surface area contributed by atoms with Gasteiger partial charge in [-0.1, -0.05) is 13.0 Å². The predicted molar refractivity (Wildman–Crippen MR) is 133 cm³/mol. The maximum Gasteiger partial charge on any atom is 0.259 e. The molecule has 186 valence electrons. The van der Waals surface area contributed by atoms with Crippen LogP contribution in [-0.2, 0) is 27.3 Å². The number of carbonyl (C=O) groups excluding carboxylic acids is 3. The summed E-state index contributed by atoms with van der Waals surface area (Å²) in [5, 5.41) is 20.9. The monoisotopic (exact) mass is 501 g/mol. The number of hydrogen-bond donors (Lipinski definition) is 4. The zero-order valence-corrected chi connectivity index (χ0v) is 20.2. The van der Waals surface area contributed by atoms with Crippen molar-refractivity contribution in [2.24, 2.45) is 5.73 Å². The molecule has 4 rings (SSSR count). The number of carbonyl (C=O) groups is 3. The average Bonchev–Trinajstić information content (AvgIpc) is 3.11. The first-order valence-corrected chi connectivity index (χ1v) is 11.0. The molecular formula is C24H28ClN5O5. The van der Waals surface area contributed by atoms with Crippen molar-refractivity contribution in [1.82, 2.24) is 4.90 Å². The molecule has 1 unspecified atom stereocenters. The molecule has 2 aromatic rings. The molecule has 0 aliphatic carbocycles. The Hall–Kier alpha value is -3.47. The summed E-state index contributed by atoms with van der Waals surface area (Å²) in [6.07, 6.45) is -2.57. The number of fused-ring (bicyclic) bond motifs is 1. The molecule has 0 saturated carbocycles. The van der Waals surface area contributed by atoms with E-state index < -0.39 is 24.0 Å². The van der Waals surface area contributed by atoms with Gasteiger partial charge in [-0.25, -0.2) is 0 Å². The standard InChI is InChI=1S/C24H27N5O5.ClH/c1-3-13-10-14(21(25)26)5-7-18(13)27-22(31)19(30)20-24(33)29(8-9-34-20)16-6-4-15-12-28(2)23(32)17(15)11-16;/h4-7,10-11,19-20,30H,3,8-9,12H2,1-2H3,(H3,25,26)(H,27,31);1H/t19?,20-;/m1./s1. The Labute approximate surface area is 208 Å². The first-order chi connectivity index (χ1) is 16.2. The van der Waals surface area contributed by atoms with Crippen LogP contribution in [0.1, 0.15) is 34.0 Å². The van der Waals surface area contributed by atoms with Crippen molar-refractivity contribution in [2.75, 3.05) is 30.4 Å². The molecule has 0 spiro atoms. The summed E-state index contributed by atoms with van der Waals surface area (Å²) in [5.74, 6) is -1.55. The summed E-state index contributed by atoms with van der Waals surface area (Å²) in [5.41, 5.74) is 9.18. The van der Waals surface area contributed by atoms with Gasteiger partial charge in [-0.3, -0.25) is 19.8 Å². The van der Waals surface area contributed by atoms with E-state index in [-0.39, 0.29) is 37.3 Å². The lowest BCUT2D eigenvalue weighted by Crippen LogP contribution is -2.55. The van der Waals surface area contributed by atoms with Gasteiger partial charge in [-0.05, 0) is 47.9 Å². The van der Waals surface area contributed by atoms with Crippen molar-refractivity contribution >= 4 is 47.3 Å². The van der Waals surface area contributed by atoms with Crippen molar-refractivity contribution < 1.29 is 24.2 Å². The van der Waals surface area contributed by atoms with Crippen LogP contribution in [0.15, 0.2) is 36.4 Å². The molecule has 10 nitrogen and oxygen atoms in total. The Morgan fingerprint density at radius 3 is 2.71 bits per heavy atom. The van der Waals surface area contributed by atoms with E-state index in [0.29, 0.717) is 35.5 Å². The number of nitrogens with two attached hydrogens (primary N) is 1. The molecule has 1 saturated heterocycles. The second-order valence-electron chi connectivity index (χ2n) is 8.36. The van der Waals surface area contributed by atoms with Gasteiger partial charge in [0.1, 0.15) is 5.84 Å². The number of aliphatic hydroxyl groups excluding tert-OH is 1. The van der Waals surface area contributed by atoms with Crippen LogP contribution in [0, 0.1) is 5.41 Å². The van der Waals surface area contributed by atoms with Gasteiger partial charge in [-0.2, -0.15) is 0 Å². The van der Waals surface area contributed by atoms with Gasteiger partial charge < -0.3 is 30.7 Å². The fourth-order valence-electron chi connectivity index (χ4n) is 4.21. The second kappa shape index (κ2) is 10.4. The molecule has 3 amide bonds. The highest BCUT2D eigenvalue weighted by Crippen LogP contribution is 2.28. The van der Waals surface area contributed by atoms with Crippen LogP contribution in [0.25, 0.3) is 0 Å². The third-order valence-corrected chi connectivity index (χ3v) is 6.12. The molecular weight excluding hydrogens is 474 g/mol. The Kier molecular flexibility index (Phi) is 7.79. The summed E-state index contributed by atoms with van der Waals surface area (Å²) in [6.45, 7) is 2.76. The van der Waals surface area contributed by atoms with Gasteiger partial charge in [0.15, 0.2) is 12.2 Å². The first kappa shape index (κ1) is 26.1. The molecule has 0 radical (unpaired) electrons. The molecule has 5 N–H and O–H groups in total. The lowest BCUT2D eigenvalue weighted by atomic mass is 10.0. The molecule has 2 aromatic carbocycles. The lowest BCUT2D eigenvalue weighted by molar-refractivity contribution is -0.150. The van der Waals surface area contributed by atoms with Gasteiger partial charge >= 0.3 is 0 Å². The van der Waals surface area contributed by atoms with Crippen molar-refractivity contribution in [3.63, 3.8) is 0 Å². The number of nitrogen functional groups attached to an aromatic ring is 1. The number of nitrogens with zero attached hydrogens (tertiary/aromatic N) is 2. The molecule has 11 heteroatoms. The molecule has 2 atom stereocenters. The van der Waals surface area contributed by atoms with Crippen LogP contribution in [-0.4, -0.2) is 66.0 Å². The van der Waals surface area contributed by atoms with Gasteiger partial charge in [0.25, 0.3) is 17.7 Å². The number of aliphatic hydroxyl groups is 1. The minimum Gasteiger partial charge on any atom is -0.384 e. The highest BCUT2D eigenvalue weighted by Gasteiger charge is 2.40. The smallest absolute Gasteiger partial charge is 0.259 e. The Balaban J connectivity index is 0.00000342. The number of nitrogens with one attached hydrogen (secondary N) is 2. The summed E-state index contributed by atoms with van der Waals surface area (Å²) >= 11 is 0. The molecule has 0 aromatic heterocycles. The van der Waals surface area contributed by atoms with E-state index in [1.807, 2.05) is 13.0 Å².